The van der Waals surface area contributed by atoms with Crippen LogP contribution >= 0.6 is 35.4 Å². The molecular weight excluding hydrogens is 471 g/mol. The van der Waals surface area contributed by atoms with Gasteiger partial charge in [0.05, 0.1) is 12.7 Å². The Morgan fingerprint density at radius 2 is 1.66 bits per heavy atom. The Kier molecular flexibility index (Phi) is 8.10. The lowest BCUT2D eigenvalue weighted by Gasteiger charge is -2.15. The smallest absolute Gasteiger partial charge is 0.270 e. The summed E-state index contributed by atoms with van der Waals surface area (Å²) >= 11 is 17.1. The molecule has 0 atom stereocenters. The molecule has 0 radical (unpaired) electrons. The van der Waals surface area contributed by atoms with Crippen molar-refractivity contribution in [3.05, 3.63) is 76.0 Å². The molecule has 0 saturated heterocycles. The molecule has 3 aromatic rings. The van der Waals surface area contributed by atoms with Crippen molar-refractivity contribution in [1.82, 2.24) is 21.2 Å². The Morgan fingerprint density at radius 3 is 2.28 bits per heavy atom. The highest BCUT2D eigenvalue weighted by atomic mass is 35.5. The van der Waals surface area contributed by atoms with Gasteiger partial charge in [0.25, 0.3) is 5.91 Å². The van der Waals surface area contributed by atoms with E-state index >= 15 is 0 Å². The van der Waals surface area contributed by atoms with E-state index in [1.54, 1.807) is 44.5 Å². The van der Waals surface area contributed by atoms with Gasteiger partial charge in [-0.1, -0.05) is 35.3 Å². The number of carbonyl (C=O) groups is 1. The van der Waals surface area contributed by atoms with E-state index in [0.717, 1.165) is 11.3 Å². The van der Waals surface area contributed by atoms with E-state index in [1.807, 2.05) is 24.3 Å². The lowest BCUT2D eigenvalue weighted by Crippen LogP contribution is -2.45. The molecule has 10 heteroatoms. The molecule has 3 rings (SSSR count). The van der Waals surface area contributed by atoms with Crippen LogP contribution in [-0.4, -0.2) is 30.2 Å². The number of ether oxygens (including phenoxy) is 2. The largest absolute Gasteiger partial charge is 0.497 e. The van der Waals surface area contributed by atoms with Crippen LogP contribution < -0.4 is 25.6 Å². The van der Waals surface area contributed by atoms with Gasteiger partial charge in [-0.15, -0.1) is 0 Å². The quantitative estimate of drug-likeness (QED) is 0.268. The first-order valence-electron chi connectivity index (χ1n) is 9.41. The van der Waals surface area contributed by atoms with Gasteiger partial charge >= 0.3 is 0 Å². The van der Waals surface area contributed by atoms with Crippen LogP contribution in [0.4, 0.5) is 0 Å². The minimum Gasteiger partial charge on any atom is -0.497 e. The maximum atomic E-state index is 12.9. The molecule has 0 unspecified atom stereocenters. The summed E-state index contributed by atoms with van der Waals surface area (Å²) in [4.78, 5) is 16.9. The molecule has 0 aliphatic heterocycles. The maximum Gasteiger partial charge on any atom is 0.270 e. The van der Waals surface area contributed by atoms with E-state index in [2.05, 4.69) is 21.2 Å². The number of hydrogen-bond donors (Lipinski definition) is 3. The third-order valence-electron chi connectivity index (χ3n) is 4.39. The number of thiocarbonyl (C=S) groups is 1. The van der Waals surface area contributed by atoms with E-state index in [1.165, 1.54) is 0 Å². The van der Waals surface area contributed by atoms with Crippen LogP contribution in [0.3, 0.4) is 0 Å². The van der Waals surface area contributed by atoms with Crippen molar-refractivity contribution in [3.8, 4) is 22.6 Å². The first kappa shape index (κ1) is 23.6. The second-order valence-corrected chi connectivity index (χ2v) is 7.69. The summed E-state index contributed by atoms with van der Waals surface area (Å²) < 4.78 is 11.1. The SMILES string of the molecule is CNC(=S)NNC(=O)c1cc(OCc2ccc(OC)cc2)ccc1-c1cc(Cl)nc(Cl)c1. The van der Waals surface area contributed by atoms with Crippen LogP contribution in [0.25, 0.3) is 11.1 Å². The van der Waals surface area contributed by atoms with Gasteiger partial charge in [0.2, 0.25) is 0 Å². The molecule has 1 aromatic heterocycles. The molecular formula is C22H20Cl2N4O3S. The van der Waals surface area contributed by atoms with E-state index in [-0.39, 0.29) is 15.4 Å². The van der Waals surface area contributed by atoms with Crippen molar-refractivity contribution in [1.29, 1.82) is 0 Å². The molecule has 0 saturated carbocycles. The summed E-state index contributed by atoms with van der Waals surface area (Å²) in [6.07, 6.45) is 0. The van der Waals surface area contributed by atoms with Crippen LogP contribution in [0.1, 0.15) is 15.9 Å². The van der Waals surface area contributed by atoms with Crippen LogP contribution in [-0.2, 0) is 6.61 Å². The van der Waals surface area contributed by atoms with E-state index in [9.17, 15) is 4.79 Å². The topological polar surface area (TPSA) is 84.5 Å². The molecule has 7 nitrogen and oxygen atoms in total. The zero-order valence-electron chi connectivity index (χ0n) is 17.2. The highest BCUT2D eigenvalue weighted by molar-refractivity contribution is 7.80. The van der Waals surface area contributed by atoms with Crippen molar-refractivity contribution < 1.29 is 14.3 Å². The molecule has 0 spiro atoms. The molecule has 0 aliphatic rings. The fourth-order valence-corrected chi connectivity index (χ4v) is 3.32. The third-order valence-corrected chi connectivity index (χ3v) is 5.08. The minimum atomic E-state index is -0.420. The number of carbonyl (C=O) groups excluding carboxylic acids is 1. The van der Waals surface area contributed by atoms with Gasteiger partial charge in [-0.2, -0.15) is 0 Å². The average molecular weight is 491 g/mol. The summed E-state index contributed by atoms with van der Waals surface area (Å²) in [6, 6.07) is 15.9. The lowest BCUT2D eigenvalue weighted by molar-refractivity contribution is 0.0944. The van der Waals surface area contributed by atoms with Crippen molar-refractivity contribution in [3.63, 3.8) is 0 Å². The van der Waals surface area contributed by atoms with E-state index in [4.69, 9.17) is 44.9 Å². The molecule has 0 fully saturated rings. The number of aromatic nitrogens is 1. The van der Waals surface area contributed by atoms with E-state index < -0.39 is 5.91 Å². The second-order valence-electron chi connectivity index (χ2n) is 6.50. The Labute approximate surface area is 201 Å². The van der Waals surface area contributed by atoms with Gasteiger partial charge in [0.1, 0.15) is 28.4 Å². The predicted octanol–water partition coefficient (Wildman–Crippen LogP) is 4.38. The molecule has 32 heavy (non-hydrogen) atoms. The Hall–Kier alpha value is -3.07. The first-order valence-corrected chi connectivity index (χ1v) is 10.6. The molecule has 1 heterocycles. The molecule has 0 bridgehead atoms. The summed E-state index contributed by atoms with van der Waals surface area (Å²) in [7, 11) is 3.25. The summed E-state index contributed by atoms with van der Waals surface area (Å²) in [6.45, 7) is 0.319. The van der Waals surface area contributed by atoms with Crippen molar-refractivity contribution in [2.24, 2.45) is 0 Å². The zero-order valence-corrected chi connectivity index (χ0v) is 19.6. The number of pyridine rings is 1. The Balaban J connectivity index is 1.89. The van der Waals surface area contributed by atoms with Gasteiger partial charge in [0.15, 0.2) is 5.11 Å². The standard InChI is InChI=1S/C22H20Cl2N4O3S/c1-25-22(32)28-27-21(29)18-11-16(31-12-13-3-5-15(30-2)6-4-13)7-8-17(18)14-9-19(23)26-20(24)10-14/h3-11H,12H2,1-2H3,(H,27,29)(H2,25,28,32). The molecule has 2 aromatic carbocycles. The summed E-state index contributed by atoms with van der Waals surface area (Å²) in [5.41, 5.74) is 7.71. The fraction of sp³-hybridized carbons (Fsp3) is 0.136. The number of benzene rings is 2. The Morgan fingerprint density at radius 1 is 1.00 bits per heavy atom. The van der Waals surface area contributed by atoms with Gasteiger partial charge in [-0.3, -0.25) is 15.6 Å². The van der Waals surface area contributed by atoms with Gasteiger partial charge in [-0.05, 0) is 71.4 Å². The summed E-state index contributed by atoms with van der Waals surface area (Å²) in [5, 5.41) is 3.42. The van der Waals surface area contributed by atoms with Gasteiger partial charge in [0, 0.05) is 7.05 Å². The second kappa shape index (κ2) is 11.0. The number of nitrogens with one attached hydrogen (secondary N) is 3. The average Bonchev–Trinajstić information content (AvgIpc) is 2.80. The number of halogens is 2. The summed E-state index contributed by atoms with van der Waals surface area (Å²) in [5.74, 6) is 0.854. The predicted molar refractivity (Wildman–Crippen MR) is 129 cm³/mol. The number of rotatable bonds is 6. The first-order chi connectivity index (χ1) is 15.4. The number of hydrogen-bond acceptors (Lipinski definition) is 5. The fourth-order valence-electron chi connectivity index (χ4n) is 2.80. The normalized spacial score (nSPS) is 10.2. The van der Waals surface area contributed by atoms with Gasteiger partial charge < -0.3 is 14.8 Å². The van der Waals surface area contributed by atoms with Gasteiger partial charge in [-0.25, -0.2) is 4.98 Å². The number of amides is 1. The zero-order chi connectivity index (χ0) is 23.1. The van der Waals surface area contributed by atoms with Crippen LogP contribution in [0.15, 0.2) is 54.6 Å². The van der Waals surface area contributed by atoms with Crippen molar-refractivity contribution in [2.45, 2.75) is 6.61 Å². The Bertz CT molecular complexity index is 1110. The lowest BCUT2D eigenvalue weighted by atomic mass is 10.00. The van der Waals surface area contributed by atoms with E-state index in [0.29, 0.717) is 29.0 Å². The monoisotopic (exact) mass is 490 g/mol. The molecule has 1 amide bonds. The maximum absolute atomic E-state index is 12.9. The molecule has 0 aliphatic carbocycles. The van der Waals surface area contributed by atoms with Crippen molar-refractivity contribution >= 4 is 46.4 Å². The van der Waals surface area contributed by atoms with Crippen LogP contribution in [0.5, 0.6) is 11.5 Å². The number of nitrogens with zero attached hydrogens (tertiary/aromatic N) is 1. The third kappa shape index (κ3) is 6.23. The molecule has 3 N–H and O–H groups in total. The van der Waals surface area contributed by atoms with Crippen molar-refractivity contribution in [2.75, 3.05) is 14.2 Å². The minimum absolute atomic E-state index is 0.216. The molecule has 166 valence electrons. The highest BCUT2D eigenvalue weighted by Crippen LogP contribution is 2.31. The highest BCUT2D eigenvalue weighted by Gasteiger charge is 2.16. The van der Waals surface area contributed by atoms with Crippen LogP contribution in [0, 0.1) is 0 Å². The number of hydrazine groups is 1. The number of methoxy groups -OCH3 is 1. The van der Waals surface area contributed by atoms with Crippen LogP contribution in [0.2, 0.25) is 10.3 Å².